The predicted molar refractivity (Wildman–Crippen MR) is 60.1 cm³/mol. The molecule has 1 aromatic carbocycles. The summed E-state index contributed by atoms with van der Waals surface area (Å²) in [5.74, 6) is -0.508. The number of rotatable bonds is 5. The molecule has 0 aliphatic carbocycles. The van der Waals surface area contributed by atoms with E-state index in [9.17, 15) is 21.6 Å². The van der Waals surface area contributed by atoms with Crippen molar-refractivity contribution in [3.05, 3.63) is 23.8 Å². The summed E-state index contributed by atoms with van der Waals surface area (Å²) < 4.78 is 67.3. The summed E-state index contributed by atoms with van der Waals surface area (Å²) in [6, 6.07) is 2.84. The first-order chi connectivity index (χ1) is 8.63. The highest BCUT2D eigenvalue weighted by atomic mass is 32.2. The van der Waals surface area contributed by atoms with E-state index in [4.69, 9.17) is 9.88 Å². The van der Waals surface area contributed by atoms with E-state index in [2.05, 4.69) is 4.74 Å². The molecule has 1 rings (SSSR count). The van der Waals surface area contributed by atoms with Crippen LogP contribution in [0.3, 0.4) is 0 Å². The van der Waals surface area contributed by atoms with Gasteiger partial charge in [0.25, 0.3) is 0 Å². The molecule has 108 valence electrons. The molecule has 0 aliphatic heterocycles. The van der Waals surface area contributed by atoms with Gasteiger partial charge < -0.3 is 9.47 Å². The quantitative estimate of drug-likeness (QED) is 0.892. The maximum absolute atomic E-state index is 12.1. The Morgan fingerprint density at radius 3 is 2.42 bits per heavy atom. The number of sulfonamides is 1. The average molecular weight is 299 g/mol. The van der Waals surface area contributed by atoms with Crippen molar-refractivity contribution in [3.8, 4) is 5.75 Å². The van der Waals surface area contributed by atoms with E-state index >= 15 is 0 Å². The third kappa shape index (κ3) is 5.05. The van der Waals surface area contributed by atoms with Gasteiger partial charge in [0.05, 0.1) is 11.5 Å². The number of hydrogen-bond donors (Lipinski definition) is 1. The van der Waals surface area contributed by atoms with Crippen LogP contribution in [-0.2, 0) is 21.2 Å². The van der Waals surface area contributed by atoms with Gasteiger partial charge in [-0.05, 0) is 30.2 Å². The standard InChI is InChI=1S/C10H12F3NO4S/c1-17-5-4-7-6-8(18-10(11,12)13)2-3-9(7)19(14,15)16/h2-3,6H,4-5H2,1H3,(H2,14,15,16). The van der Waals surface area contributed by atoms with Crippen LogP contribution in [-0.4, -0.2) is 28.5 Å². The Kier molecular flexibility index (Phi) is 4.77. The highest BCUT2D eigenvalue weighted by molar-refractivity contribution is 7.89. The van der Waals surface area contributed by atoms with E-state index in [0.717, 1.165) is 18.2 Å². The van der Waals surface area contributed by atoms with Crippen LogP contribution < -0.4 is 9.88 Å². The zero-order valence-corrected chi connectivity index (χ0v) is 10.7. The lowest BCUT2D eigenvalue weighted by Crippen LogP contribution is -2.19. The van der Waals surface area contributed by atoms with E-state index in [1.54, 1.807) is 0 Å². The zero-order valence-electron chi connectivity index (χ0n) is 9.90. The number of hydrogen-bond acceptors (Lipinski definition) is 4. The Balaban J connectivity index is 3.15. The molecule has 0 saturated carbocycles. The summed E-state index contributed by atoms with van der Waals surface area (Å²) in [5, 5.41) is 4.97. The summed E-state index contributed by atoms with van der Waals surface area (Å²) in [6.07, 6.45) is -4.75. The summed E-state index contributed by atoms with van der Waals surface area (Å²) in [7, 11) is -2.64. The Morgan fingerprint density at radius 2 is 1.95 bits per heavy atom. The molecule has 0 aliphatic rings. The molecule has 1 aromatic rings. The van der Waals surface area contributed by atoms with Crippen LogP contribution in [0, 0.1) is 0 Å². The van der Waals surface area contributed by atoms with Gasteiger partial charge in [-0.1, -0.05) is 0 Å². The smallest absolute Gasteiger partial charge is 0.406 e. The number of ether oxygens (including phenoxy) is 2. The van der Waals surface area contributed by atoms with E-state index in [-0.39, 0.29) is 23.5 Å². The van der Waals surface area contributed by atoms with Gasteiger partial charge in [0, 0.05) is 7.11 Å². The largest absolute Gasteiger partial charge is 0.573 e. The molecule has 9 heteroatoms. The van der Waals surface area contributed by atoms with Crippen molar-refractivity contribution in [3.63, 3.8) is 0 Å². The van der Waals surface area contributed by atoms with Crippen molar-refractivity contribution >= 4 is 10.0 Å². The normalized spacial score (nSPS) is 12.5. The molecule has 0 fully saturated rings. The molecule has 5 nitrogen and oxygen atoms in total. The summed E-state index contributed by atoms with van der Waals surface area (Å²) >= 11 is 0. The first-order valence-corrected chi connectivity index (χ1v) is 6.58. The lowest BCUT2D eigenvalue weighted by Gasteiger charge is -2.12. The van der Waals surface area contributed by atoms with Gasteiger partial charge in [0.2, 0.25) is 10.0 Å². The molecule has 2 N–H and O–H groups in total. The fraction of sp³-hybridized carbons (Fsp3) is 0.400. The monoisotopic (exact) mass is 299 g/mol. The molecule has 19 heavy (non-hydrogen) atoms. The van der Waals surface area contributed by atoms with E-state index in [0.29, 0.717) is 0 Å². The number of alkyl halides is 3. The van der Waals surface area contributed by atoms with Gasteiger partial charge in [0.1, 0.15) is 5.75 Å². The molecule has 0 heterocycles. The third-order valence-corrected chi connectivity index (χ3v) is 3.16. The van der Waals surface area contributed by atoms with E-state index in [1.165, 1.54) is 7.11 Å². The van der Waals surface area contributed by atoms with Crippen molar-refractivity contribution < 1.29 is 31.1 Å². The number of nitrogens with two attached hydrogens (primary N) is 1. The minimum atomic E-state index is -4.85. The number of methoxy groups -OCH3 is 1. The first-order valence-electron chi connectivity index (χ1n) is 5.04. The van der Waals surface area contributed by atoms with E-state index < -0.39 is 22.1 Å². The number of halogens is 3. The first kappa shape index (κ1) is 15.7. The van der Waals surface area contributed by atoms with Crippen LogP contribution >= 0.6 is 0 Å². The maximum Gasteiger partial charge on any atom is 0.573 e. The van der Waals surface area contributed by atoms with Gasteiger partial charge in [-0.2, -0.15) is 0 Å². The Morgan fingerprint density at radius 1 is 1.32 bits per heavy atom. The van der Waals surface area contributed by atoms with Crippen LogP contribution in [0.15, 0.2) is 23.1 Å². The molecule has 0 amide bonds. The second-order valence-electron chi connectivity index (χ2n) is 3.61. The van der Waals surface area contributed by atoms with Crippen LogP contribution in [0.25, 0.3) is 0 Å². The highest BCUT2D eigenvalue weighted by Crippen LogP contribution is 2.26. The van der Waals surface area contributed by atoms with Crippen LogP contribution in [0.2, 0.25) is 0 Å². The topological polar surface area (TPSA) is 78.6 Å². The van der Waals surface area contributed by atoms with Crippen molar-refractivity contribution in [2.75, 3.05) is 13.7 Å². The van der Waals surface area contributed by atoms with E-state index in [1.807, 2.05) is 0 Å². The summed E-state index contributed by atoms with van der Waals surface area (Å²) in [4.78, 5) is -0.251. The molecule has 0 bridgehead atoms. The molecular weight excluding hydrogens is 287 g/mol. The van der Waals surface area contributed by atoms with Crippen LogP contribution in [0.4, 0.5) is 13.2 Å². The van der Waals surface area contributed by atoms with Gasteiger partial charge in [0.15, 0.2) is 0 Å². The second-order valence-corrected chi connectivity index (χ2v) is 5.13. The molecule has 0 aromatic heterocycles. The molecule has 0 saturated heterocycles. The Labute approximate surface area is 108 Å². The molecular formula is C10H12F3NO4S. The second kappa shape index (κ2) is 5.76. The SMILES string of the molecule is COCCc1cc(OC(F)(F)F)ccc1S(N)(=O)=O. The van der Waals surface area contributed by atoms with Crippen molar-refractivity contribution in [1.82, 2.24) is 0 Å². The van der Waals surface area contributed by atoms with Gasteiger partial charge in [-0.25, -0.2) is 13.6 Å². The summed E-state index contributed by atoms with van der Waals surface area (Å²) in [6.45, 7) is 0.137. The van der Waals surface area contributed by atoms with Gasteiger partial charge in [-0.15, -0.1) is 13.2 Å². The van der Waals surface area contributed by atoms with Gasteiger partial charge in [-0.3, -0.25) is 0 Å². The lowest BCUT2D eigenvalue weighted by atomic mass is 10.1. The Hall–Kier alpha value is -1.32. The highest BCUT2D eigenvalue weighted by Gasteiger charge is 2.31. The molecule has 0 atom stereocenters. The molecule has 0 unspecified atom stereocenters. The van der Waals surface area contributed by atoms with Crippen LogP contribution in [0.5, 0.6) is 5.75 Å². The van der Waals surface area contributed by atoms with Gasteiger partial charge >= 0.3 is 6.36 Å². The molecule has 0 spiro atoms. The Bertz CT molecular complexity index is 542. The fourth-order valence-corrected chi connectivity index (χ4v) is 2.22. The third-order valence-electron chi connectivity index (χ3n) is 2.15. The maximum atomic E-state index is 12.1. The van der Waals surface area contributed by atoms with Crippen molar-refractivity contribution in [1.29, 1.82) is 0 Å². The molecule has 0 radical (unpaired) electrons. The van der Waals surface area contributed by atoms with Crippen LogP contribution in [0.1, 0.15) is 5.56 Å². The minimum Gasteiger partial charge on any atom is -0.406 e. The average Bonchev–Trinajstić information content (AvgIpc) is 2.22. The van der Waals surface area contributed by atoms with Crippen molar-refractivity contribution in [2.24, 2.45) is 5.14 Å². The fourth-order valence-electron chi connectivity index (χ4n) is 1.44. The summed E-state index contributed by atoms with van der Waals surface area (Å²) in [5.41, 5.74) is 0.103. The number of primary sulfonamides is 1. The zero-order chi connectivity index (χ0) is 14.7. The van der Waals surface area contributed by atoms with Crippen molar-refractivity contribution in [2.45, 2.75) is 17.7 Å². The lowest BCUT2D eigenvalue weighted by molar-refractivity contribution is -0.274. The number of benzene rings is 1. The minimum absolute atomic E-state index is 0.0946. The predicted octanol–water partition coefficient (Wildman–Crippen LogP) is 1.42.